The second-order valence-corrected chi connectivity index (χ2v) is 7.48. The standard InChI is InChI=1S/C20H16ClFN6O2/c21-12-1-4-14(22)15(7-12)25-16-8-17(24-13-2-3-13)28-19(26-16)11(9-23-28)5-10-6-18(29)27-20(10)30/h1,4-9,13,25,27,29-30H,2-3H2. The van der Waals surface area contributed by atoms with E-state index in [0.29, 0.717) is 32.8 Å². The van der Waals surface area contributed by atoms with E-state index in [1.165, 1.54) is 24.3 Å². The molecule has 5 rings (SSSR count). The van der Waals surface area contributed by atoms with Gasteiger partial charge in [-0.2, -0.15) is 9.61 Å². The average Bonchev–Trinajstić information content (AvgIpc) is 3.34. The number of nitrogens with zero attached hydrogens (tertiary/aromatic N) is 4. The maximum Gasteiger partial charge on any atom is 0.198 e. The van der Waals surface area contributed by atoms with E-state index in [-0.39, 0.29) is 23.5 Å². The van der Waals surface area contributed by atoms with Crippen LogP contribution in [0.5, 0.6) is 11.8 Å². The molecule has 0 radical (unpaired) electrons. The van der Waals surface area contributed by atoms with Crippen LogP contribution < -0.4 is 16.0 Å². The van der Waals surface area contributed by atoms with Crippen molar-refractivity contribution in [3.8, 4) is 11.8 Å². The minimum Gasteiger partial charge on any atom is -0.494 e. The van der Waals surface area contributed by atoms with Crippen LogP contribution in [0.3, 0.4) is 0 Å². The Morgan fingerprint density at radius 1 is 1.27 bits per heavy atom. The van der Waals surface area contributed by atoms with Gasteiger partial charge in [-0.1, -0.05) is 11.6 Å². The van der Waals surface area contributed by atoms with Crippen molar-refractivity contribution < 1.29 is 14.6 Å². The van der Waals surface area contributed by atoms with Crippen molar-refractivity contribution in [1.82, 2.24) is 19.6 Å². The Bertz CT molecular complexity index is 1390. The summed E-state index contributed by atoms with van der Waals surface area (Å²) < 4.78 is 15.8. The zero-order chi connectivity index (χ0) is 20.8. The van der Waals surface area contributed by atoms with Gasteiger partial charge in [-0.3, -0.25) is 9.98 Å². The molecule has 0 bridgehead atoms. The molecule has 1 aliphatic carbocycles. The number of aromatic nitrogens is 4. The van der Waals surface area contributed by atoms with Crippen molar-refractivity contribution in [2.45, 2.75) is 18.9 Å². The summed E-state index contributed by atoms with van der Waals surface area (Å²) in [5, 5.41) is 27.8. The molecule has 1 saturated carbocycles. The molecule has 1 aliphatic rings. The van der Waals surface area contributed by atoms with Gasteiger partial charge in [0.2, 0.25) is 0 Å². The summed E-state index contributed by atoms with van der Waals surface area (Å²) in [5.41, 5.74) is 1.61. The molecule has 0 unspecified atom stereocenters. The van der Waals surface area contributed by atoms with Crippen LogP contribution in [0.25, 0.3) is 11.7 Å². The number of fused-ring (bicyclic) bond motifs is 1. The predicted molar refractivity (Wildman–Crippen MR) is 109 cm³/mol. The molecule has 4 N–H and O–H groups in total. The first-order valence-corrected chi connectivity index (χ1v) is 9.61. The maximum absolute atomic E-state index is 14.2. The number of rotatable bonds is 4. The topological polar surface area (TPSA) is 111 Å². The SMILES string of the molecule is Oc1cc(C=c2cnn3c(=NC4CC4)cc(Nc4cc(Cl)ccc4F)nc23)c(O)[nH]1. The van der Waals surface area contributed by atoms with Gasteiger partial charge in [0.05, 0.1) is 17.9 Å². The second kappa shape index (κ2) is 7.03. The average molecular weight is 427 g/mol. The molecule has 0 amide bonds. The van der Waals surface area contributed by atoms with Crippen LogP contribution in [-0.4, -0.2) is 35.8 Å². The van der Waals surface area contributed by atoms with Crippen molar-refractivity contribution in [2.75, 3.05) is 5.32 Å². The largest absolute Gasteiger partial charge is 0.494 e. The Kier molecular flexibility index (Phi) is 4.32. The molecule has 1 fully saturated rings. The van der Waals surface area contributed by atoms with Crippen LogP contribution in [0.15, 0.2) is 41.5 Å². The van der Waals surface area contributed by atoms with Gasteiger partial charge in [0.1, 0.15) is 11.6 Å². The van der Waals surface area contributed by atoms with E-state index in [2.05, 4.69) is 25.4 Å². The number of hydrogen-bond donors (Lipinski definition) is 4. The predicted octanol–water partition coefficient (Wildman–Crippen LogP) is 2.62. The zero-order valence-electron chi connectivity index (χ0n) is 15.5. The lowest BCUT2D eigenvalue weighted by Gasteiger charge is -2.08. The highest BCUT2D eigenvalue weighted by Gasteiger charge is 2.20. The van der Waals surface area contributed by atoms with Gasteiger partial charge < -0.3 is 15.5 Å². The molecule has 8 nitrogen and oxygen atoms in total. The number of aromatic hydroxyl groups is 2. The highest BCUT2D eigenvalue weighted by atomic mass is 35.5. The summed E-state index contributed by atoms with van der Waals surface area (Å²) in [4.78, 5) is 11.6. The summed E-state index contributed by atoms with van der Waals surface area (Å²) in [6, 6.07) is 7.53. The normalized spacial score (nSPS) is 15.3. The van der Waals surface area contributed by atoms with E-state index in [1.807, 2.05) is 0 Å². The fourth-order valence-electron chi connectivity index (χ4n) is 3.07. The smallest absolute Gasteiger partial charge is 0.198 e. The minimum atomic E-state index is -0.463. The Balaban J connectivity index is 1.68. The van der Waals surface area contributed by atoms with E-state index in [9.17, 15) is 14.6 Å². The first-order valence-electron chi connectivity index (χ1n) is 9.23. The van der Waals surface area contributed by atoms with Gasteiger partial charge in [-0.05, 0) is 37.1 Å². The van der Waals surface area contributed by atoms with Crippen LogP contribution >= 0.6 is 11.6 Å². The van der Waals surface area contributed by atoms with Gasteiger partial charge in [-0.15, -0.1) is 0 Å². The van der Waals surface area contributed by atoms with Crippen molar-refractivity contribution in [2.24, 2.45) is 4.99 Å². The van der Waals surface area contributed by atoms with Crippen molar-refractivity contribution in [1.29, 1.82) is 0 Å². The molecule has 1 aromatic carbocycles. The summed E-state index contributed by atoms with van der Waals surface area (Å²) >= 11 is 5.99. The molecule has 3 heterocycles. The van der Waals surface area contributed by atoms with E-state index in [0.717, 1.165) is 12.8 Å². The van der Waals surface area contributed by atoms with Crippen molar-refractivity contribution >= 4 is 34.8 Å². The molecule has 3 aromatic heterocycles. The quantitative estimate of drug-likeness (QED) is 0.401. The Morgan fingerprint density at radius 2 is 2.10 bits per heavy atom. The van der Waals surface area contributed by atoms with Gasteiger partial charge in [0, 0.05) is 27.9 Å². The number of aromatic amines is 1. The fraction of sp³-hybridized carbons (Fsp3) is 0.150. The Labute approximate surface area is 174 Å². The molecule has 30 heavy (non-hydrogen) atoms. The van der Waals surface area contributed by atoms with Gasteiger partial charge in [-0.25, -0.2) is 9.37 Å². The third-order valence-corrected chi connectivity index (χ3v) is 4.89. The lowest BCUT2D eigenvalue weighted by Crippen LogP contribution is -2.20. The molecular formula is C20H16ClFN6O2. The molecular weight excluding hydrogens is 411 g/mol. The van der Waals surface area contributed by atoms with Gasteiger partial charge >= 0.3 is 0 Å². The molecule has 4 aromatic rings. The van der Waals surface area contributed by atoms with Gasteiger partial charge in [0.15, 0.2) is 22.9 Å². The third-order valence-electron chi connectivity index (χ3n) is 4.66. The number of hydrogen-bond acceptors (Lipinski definition) is 6. The van der Waals surface area contributed by atoms with Crippen LogP contribution in [-0.2, 0) is 0 Å². The zero-order valence-corrected chi connectivity index (χ0v) is 16.2. The summed E-state index contributed by atoms with van der Waals surface area (Å²) in [6.45, 7) is 0. The number of nitrogens with one attached hydrogen (secondary N) is 2. The first-order chi connectivity index (χ1) is 14.5. The minimum absolute atomic E-state index is 0.161. The number of halogens is 2. The highest BCUT2D eigenvalue weighted by Crippen LogP contribution is 2.24. The Hall–Kier alpha value is -3.59. The summed E-state index contributed by atoms with van der Waals surface area (Å²) in [7, 11) is 0. The van der Waals surface area contributed by atoms with E-state index < -0.39 is 5.82 Å². The number of benzene rings is 1. The van der Waals surface area contributed by atoms with Crippen LogP contribution in [0.2, 0.25) is 5.02 Å². The lowest BCUT2D eigenvalue weighted by atomic mass is 10.2. The monoisotopic (exact) mass is 426 g/mol. The summed E-state index contributed by atoms with van der Waals surface area (Å²) in [6.07, 6.45) is 5.23. The van der Waals surface area contributed by atoms with E-state index in [1.54, 1.807) is 22.9 Å². The van der Waals surface area contributed by atoms with Crippen molar-refractivity contribution in [3.05, 3.63) is 63.6 Å². The van der Waals surface area contributed by atoms with Crippen LogP contribution in [0.1, 0.15) is 18.4 Å². The molecule has 10 heteroatoms. The second-order valence-electron chi connectivity index (χ2n) is 7.05. The maximum atomic E-state index is 14.2. The van der Waals surface area contributed by atoms with Gasteiger partial charge in [0.25, 0.3) is 0 Å². The molecule has 0 spiro atoms. The van der Waals surface area contributed by atoms with Crippen molar-refractivity contribution in [3.63, 3.8) is 0 Å². The summed E-state index contributed by atoms with van der Waals surface area (Å²) in [5.74, 6) is -0.425. The van der Waals surface area contributed by atoms with Crippen LogP contribution in [0.4, 0.5) is 15.9 Å². The number of anilines is 2. The third kappa shape index (κ3) is 3.55. The van der Waals surface area contributed by atoms with E-state index >= 15 is 0 Å². The van der Waals surface area contributed by atoms with Crippen LogP contribution in [0, 0.1) is 5.82 Å². The molecule has 0 aliphatic heterocycles. The molecule has 152 valence electrons. The fourth-order valence-corrected chi connectivity index (χ4v) is 3.24. The highest BCUT2D eigenvalue weighted by molar-refractivity contribution is 6.30. The molecule has 0 atom stereocenters. The Morgan fingerprint density at radius 3 is 2.83 bits per heavy atom. The number of H-pyrrole nitrogens is 1. The van der Waals surface area contributed by atoms with E-state index in [4.69, 9.17) is 11.6 Å². The first kappa shape index (κ1) is 18.4. The molecule has 0 saturated heterocycles. The lowest BCUT2D eigenvalue weighted by molar-refractivity contribution is 0.425.